The maximum absolute atomic E-state index is 3.81. The molecule has 296 valence electrons. The average molecular weight is 803 g/mol. The van der Waals surface area contributed by atoms with Crippen LogP contribution in [0.2, 0.25) is 0 Å². The van der Waals surface area contributed by atoms with Crippen molar-refractivity contribution in [1.29, 1.82) is 0 Å². The van der Waals surface area contributed by atoms with Crippen molar-refractivity contribution in [2.24, 2.45) is 0 Å². The van der Waals surface area contributed by atoms with Crippen LogP contribution in [0.25, 0.3) is 72.0 Å². The van der Waals surface area contributed by atoms with E-state index in [0.29, 0.717) is 0 Å². The van der Waals surface area contributed by atoms with Crippen LogP contribution in [0.15, 0.2) is 249 Å². The number of hydrogen-bond donors (Lipinski definition) is 1. The molecule has 0 amide bonds. The van der Waals surface area contributed by atoms with E-state index in [-0.39, 0.29) is 0 Å². The third-order valence-electron chi connectivity index (χ3n) is 13.1. The quantitative estimate of drug-likeness (QED) is 0.162. The van der Waals surface area contributed by atoms with Gasteiger partial charge in [0.25, 0.3) is 0 Å². The zero-order valence-corrected chi connectivity index (χ0v) is 34.6. The predicted octanol–water partition coefficient (Wildman–Crippen LogP) is 15.9. The van der Waals surface area contributed by atoms with E-state index in [1.165, 1.54) is 71.9 Å². The Morgan fingerprint density at radius 1 is 0.317 bits per heavy atom. The van der Waals surface area contributed by atoms with E-state index in [9.17, 15) is 0 Å². The Balaban J connectivity index is 1.04. The number of nitrogens with zero attached hydrogens (tertiary/aromatic N) is 1. The molecule has 0 saturated carbocycles. The molecule has 0 saturated heterocycles. The van der Waals surface area contributed by atoms with Gasteiger partial charge in [0, 0.05) is 33.4 Å². The van der Waals surface area contributed by atoms with E-state index < -0.39 is 5.41 Å². The standard InChI is InChI=1S/C61H42N2/c1-5-18-42(19-6-1)43-20-17-27-50(38-43)63-59-31-16-14-29-53(59)55-40-45(34-37-60(55)63)44-33-36-58(62-49-25-11-4-12-26-49)54(39-44)46-32-35-52-51-28-13-15-30-56(51)61(57(52)41-46,47-21-7-2-8-22-47)48-23-9-3-10-24-48/h1-41,62H. The van der Waals surface area contributed by atoms with Crippen molar-refractivity contribution in [2.75, 3.05) is 5.32 Å². The highest BCUT2D eigenvalue weighted by Crippen LogP contribution is 2.57. The zero-order valence-electron chi connectivity index (χ0n) is 34.6. The fraction of sp³-hybridized carbons (Fsp3) is 0.0164. The van der Waals surface area contributed by atoms with Crippen LogP contribution in [-0.2, 0) is 5.41 Å². The molecule has 1 N–H and O–H groups in total. The topological polar surface area (TPSA) is 17.0 Å². The molecule has 11 aromatic rings. The lowest BCUT2D eigenvalue weighted by Crippen LogP contribution is -2.28. The van der Waals surface area contributed by atoms with Crippen molar-refractivity contribution >= 4 is 33.2 Å². The monoisotopic (exact) mass is 802 g/mol. The first-order chi connectivity index (χ1) is 31.2. The number of aromatic nitrogens is 1. The summed E-state index contributed by atoms with van der Waals surface area (Å²) in [5.74, 6) is 0. The highest BCUT2D eigenvalue weighted by atomic mass is 15.0. The zero-order chi connectivity index (χ0) is 41.7. The molecule has 1 aliphatic carbocycles. The molecule has 2 heteroatoms. The first-order valence-corrected chi connectivity index (χ1v) is 21.8. The molecule has 1 heterocycles. The third kappa shape index (κ3) is 6.02. The van der Waals surface area contributed by atoms with Crippen LogP contribution < -0.4 is 5.32 Å². The molecular weight excluding hydrogens is 761 g/mol. The molecule has 0 spiro atoms. The normalized spacial score (nSPS) is 12.6. The Morgan fingerprint density at radius 2 is 0.889 bits per heavy atom. The second kappa shape index (κ2) is 15.1. The molecule has 12 rings (SSSR count). The molecule has 63 heavy (non-hydrogen) atoms. The lowest BCUT2D eigenvalue weighted by molar-refractivity contribution is 0.769. The summed E-state index contributed by atoms with van der Waals surface area (Å²) < 4.78 is 2.41. The van der Waals surface area contributed by atoms with Crippen molar-refractivity contribution in [3.8, 4) is 50.2 Å². The van der Waals surface area contributed by atoms with Crippen LogP contribution in [0.4, 0.5) is 11.4 Å². The second-order valence-corrected chi connectivity index (χ2v) is 16.5. The Bertz CT molecular complexity index is 3420. The summed E-state index contributed by atoms with van der Waals surface area (Å²) in [6.07, 6.45) is 0. The van der Waals surface area contributed by atoms with E-state index in [1.54, 1.807) is 0 Å². The first kappa shape index (κ1) is 36.6. The third-order valence-corrected chi connectivity index (χ3v) is 13.1. The maximum Gasteiger partial charge on any atom is 0.0713 e. The summed E-state index contributed by atoms with van der Waals surface area (Å²) in [7, 11) is 0. The van der Waals surface area contributed by atoms with Crippen LogP contribution in [0, 0.1) is 0 Å². The molecule has 0 unspecified atom stereocenters. The van der Waals surface area contributed by atoms with Gasteiger partial charge in [0.2, 0.25) is 0 Å². The summed E-state index contributed by atoms with van der Waals surface area (Å²) in [5.41, 5.74) is 19.9. The van der Waals surface area contributed by atoms with Gasteiger partial charge >= 0.3 is 0 Å². The number of anilines is 2. The number of para-hydroxylation sites is 2. The predicted molar refractivity (Wildman–Crippen MR) is 264 cm³/mol. The van der Waals surface area contributed by atoms with Crippen molar-refractivity contribution in [3.63, 3.8) is 0 Å². The van der Waals surface area contributed by atoms with Gasteiger partial charge in [-0.3, -0.25) is 0 Å². The average Bonchev–Trinajstić information content (AvgIpc) is 3.85. The molecular formula is C61H42N2. The molecule has 10 aromatic carbocycles. The number of nitrogens with one attached hydrogen (secondary N) is 1. The van der Waals surface area contributed by atoms with E-state index in [2.05, 4.69) is 259 Å². The van der Waals surface area contributed by atoms with E-state index in [4.69, 9.17) is 0 Å². The summed E-state index contributed by atoms with van der Waals surface area (Å²) in [6, 6.07) is 90.9. The minimum atomic E-state index is -0.491. The first-order valence-electron chi connectivity index (χ1n) is 21.8. The molecule has 0 atom stereocenters. The SMILES string of the molecule is c1ccc(Nc2ccc(-c3ccc4c(c3)c3ccccc3n4-c3cccc(-c4ccccc4)c3)cc2-c2ccc3c(c2)C(c2ccccc2)(c2ccccc2)c2ccccc2-3)cc1. The van der Waals surface area contributed by atoms with Gasteiger partial charge in [-0.1, -0.05) is 188 Å². The maximum atomic E-state index is 3.81. The molecule has 0 bridgehead atoms. The number of rotatable bonds is 8. The van der Waals surface area contributed by atoms with E-state index in [1.807, 2.05) is 0 Å². The molecule has 1 aliphatic rings. The van der Waals surface area contributed by atoms with Gasteiger partial charge in [0.1, 0.15) is 0 Å². The second-order valence-electron chi connectivity index (χ2n) is 16.5. The largest absolute Gasteiger partial charge is 0.355 e. The van der Waals surface area contributed by atoms with Crippen LogP contribution >= 0.6 is 0 Å². The fourth-order valence-electron chi connectivity index (χ4n) is 10.2. The van der Waals surface area contributed by atoms with Gasteiger partial charge in [-0.15, -0.1) is 0 Å². The summed E-state index contributed by atoms with van der Waals surface area (Å²) >= 11 is 0. The van der Waals surface area contributed by atoms with Gasteiger partial charge in [0.05, 0.1) is 16.4 Å². The van der Waals surface area contributed by atoms with Crippen LogP contribution in [-0.4, -0.2) is 4.57 Å². The molecule has 0 radical (unpaired) electrons. The van der Waals surface area contributed by atoms with Crippen molar-refractivity contribution in [1.82, 2.24) is 4.57 Å². The Kier molecular flexibility index (Phi) is 8.76. The summed E-state index contributed by atoms with van der Waals surface area (Å²) in [5, 5.41) is 6.27. The van der Waals surface area contributed by atoms with Crippen molar-refractivity contribution in [2.45, 2.75) is 5.41 Å². The van der Waals surface area contributed by atoms with Crippen LogP contribution in [0.3, 0.4) is 0 Å². The fourth-order valence-corrected chi connectivity index (χ4v) is 10.2. The molecule has 0 fully saturated rings. The highest BCUT2D eigenvalue weighted by molar-refractivity contribution is 6.10. The summed E-state index contributed by atoms with van der Waals surface area (Å²) in [6.45, 7) is 0. The summed E-state index contributed by atoms with van der Waals surface area (Å²) in [4.78, 5) is 0. The molecule has 2 nitrogen and oxygen atoms in total. The van der Waals surface area contributed by atoms with Gasteiger partial charge in [0.15, 0.2) is 0 Å². The van der Waals surface area contributed by atoms with Gasteiger partial charge in [-0.25, -0.2) is 0 Å². The lowest BCUT2D eigenvalue weighted by Gasteiger charge is -2.34. The highest BCUT2D eigenvalue weighted by Gasteiger charge is 2.46. The lowest BCUT2D eigenvalue weighted by atomic mass is 9.67. The Hall–Kier alpha value is -8.20. The molecule has 0 aliphatic heterocycles. The van der Waals surface area contributed by atoms with Crippen LogP contribution in [0.1, 0.15) is 22.3 Å². The van der Waals surface area contributed by atoms with E-state index >= 15 is 0 Å². The van der Waals surface area contributed by atoms with Crippen molar-refractivity contribution < 1.29 is 0 Å². The Labute approximate surface area is 368 Å². The minimum Gasteiger partial charge on any atom is -0.355 e. The number of benzene rings is 10. The van der Waals surface area contributed by atoms with Crippen LogP contribution in [0.5, 0.6) is 0 Å². The number of hydrogen-bond acceptors (Lipinski definition) is 1. The Morgan fingerprint density at radius 3 is 1.67 bits per heavy atom. The van der Waals surface area contributed by atoms with Gasteiger partial charge < -0.3 is 9.88 Å². The smallest absolute Gasteiger partial charge is 0.0713 e. The van der Waals surface area contributed by atoms with Gasteiger partial charge in [-0.05, 0) is 122 Å². The minimum absolute atomic E-state index is 0.491. The van der Waals surface area contributed by atoms with Gasteiger partial charge in [-0.2, -0.15) is 0 Å². The number of fused-ring (bicyclic) bond motifs is 6. The molecule has 1 aromatic heterocycles. The van der Waals surface area contributed by atoms with E-state index in [0.717, 1.165) is 33.8 Å². The van der Waals surface area contributed by atoms with Crippen molar-refractivity contribution in [3.05, 3.63) is 271 Å².